The zero-order valence-corrected chi connectivity index (χ0v) is 59.2. The molecular formula is C66H85B11N8Na2O8+. The Morgan fingerprint density at radius 1 is 0.621 bits per heavy atom. The van der Waals surface area contributed by atoms with Crippen molar-refractivity contribution >= 4 is 139 Å². The van der Waals surface area contributed by atoms with Crippen LogP contribution in [0.5, 0.6) is 0 Å². The van der Waals surface area contributed by atoms with E-state index in [1.165, 1.54) is 94.6 Å². The Bertz CT molecular complexity index is 3470. The van der Waals surface area contributed by atoms with Gasteiger partial charge in [-0.15, -0.1) is 0 Å². The number of pyridine rings is 4. The van der Waals surface area contributed by atoms with E-state index >= 15 is 0 Å². The summed E-state index contributed by atoms with van der Waals surface area (Å²) in [6.07, 6.45) is 54.6. The number of fused-ring (bicyclic) bond motifs is 4. The third-order valence-corrected chi connectivity index (χ3v) is 17.4. The molecule has 8 aromatic rings. The van der Waals surface area contributed by atoms with Crippen molar-refractivity contribution in [3.05, 3.63) is 164 Å². The van der Waals surface area contributed by atoms with Gasteiger partial charge in [-0.3, -0.25) is 19.2 Å². The number of imidazole rings is 4. The van der Waals surface area contributed by atoms with Crippen LogP contribution >= 0.6 is 0 Å². The number of aryl methyl sites for hydroxylation is 1. The molecule has 4 fully saturated rings. The summed E-state index contributed by atoms with van der Waals surface area (Å²) in [5.74, 6) is 2.22. The first-order chi connectivity index (χ1) is 44.1. The Morgan fingerprint density at radius 3 is 1.45 bits per heavy atom. The van der Waals surface area contributed by atoms with Crippen molar-refractivity contribution in [3.8, 4) is 0 Å². The maximum Gasteiger partial charge on any atom is 1.00 e. The average Bonchev–Trinajstić information content (AvgIpc) is 1.70. The van der Waals surface area contributed by atoms with Crippen molar-refractivity contribution in [2.24, 2.45) is 23.7 Å². The van der Waals surface area contributed by atoms with Crippen molar-refractivity contribution in [1.82, 2.24) is 37.5 Å². The van der Waals surface area contributed by atoms with Crippen LogP contribution in [-0.4, -0.2) is 165 Å². The van der Waals surface area contributed by atoms with Crippen LogP contribution in [0.3, 0.4) is 0 Å². The minimum atomic E-state index is -0.667. The number of nitrogens with zero attached hydrogens (tertiary/aromatic N) is 8. The molecule has 2 N–H and O–H groups in total. The van der Waals surface area contributed by atoms with Crippen molar-refractivity contribution in [1.29, 1.82) is 0 Å². The number of hydrogen-bond donors (Lipinski definition) is 2. The standard InChI is InChI=1S/C16H22N2O.C16H20N2O.C16H18N2O.C8H6N2O.C8H13O.CH2O3.CH4.B10.B.2Na.H/c3*19-16(14-5-2-1-3-6-14)9-8-13-7-4-10-18-12-17-11-15(13)18;11-5-7-2-1-3-10-6-9-4-8(7)10;1-7(9)8-5-3-2-4-6-8;2-1-4-3;;1-7(2)10(8(3)4)9(5)6;;;;/h4,7,10-12,14,16,19H,1-3,5-6,8-9H2;4,7-12,14,16,19H,1-3,5-6H2;4,7-12,14H,1-3,5-6H2;1-6H;3,8H,2,4-6H2,1H3;1,3H;1H4;;;;;/q;;;;+1;;;;;2*+1;-1/p-1/b;2*9-8+;;;;;;;;;. The summed E-state index contributed by atoms with van der Waals surface area (Å²) in [5.41, 5.74) is 8.24. The zero-order chi connectivity index (χ0) is 65.3. The predicted octanol–water partition coefficient (Wildman–Crippen LogP) is 2.11. The fraction of sp³-hybridized carbons (Fsp3) is 0.439. The monoisotopic (exact) mass is 1280 g/mol. The van der Waals surface area contributed by atoms with Crippen molar-refractivity contribution in [2.75, 3.05) is 0 Å². The summed E-state index contributed by atoms with van der Waals surface area (Å²) in [7, 11) is 31.8. The van der Waals surface area contributed by atoms with E-state index in [0.717, 1.165) is 85.3 Å². The molecule has 471 valence electrons. The number of ketones is 2. The van der Waals surface area contributed by atoms with Crippen molar-refractivity contribution < 1.29 is 100 Å². The smallest absolute Gasteiger partial charge is 1.00 e. The summed E-state index contributed by atoms with van der Waals surface area (Å²) >= 11 is 0. The van der Waals surface area contributed by atoms with Crippen LogP contribution in [0.15, 0.2) is 136 Å². The number of Topliss-reactive ketones (excluding diaryl/α,β-unsaturated/α-hetero) is 1. The van der Waals surface area contributed by atoms with Gasteiger partial charge in [0.25, 0.3) is 6.47 Å². The average molecular weight is 1280 g/mol. The van der Waals surface area contributed by atoms with Crippen molar-refractivity contribution in [2.45, 2.75) is 161 Å². The minimum Gasteiger partial charge on any atom is -1.00 e. The van der Waals surface area contributed by atoms with E-state index < -0.39 is 25.5 Å². The van der Waals surface area contributed by atoms with Gasteiger partial charge in [-0.1, -0.05) is 95.6 Å². The Hall–Kier alpha value is -4.82. The third-order valence-electron chi connectivity index (χ3n) is 17.4. The predicted molar refractivity (Wildman–Crippen MR) is 385 cm³/mol. The fourth-order valence-electron chi connectivity index (χ4n) is 12.2. The number of aldehydes is 1. The van der Waals surface area contributed by atoms with Gasteiger partial charge < -0.3 is 39.4 Å². The van der Waals surface area contributed by atoms with Crippen LogP contribution in [0.25, 0.3) is 34.2 Å². The first kappa shape index (κ1) is 86.3. The SMILES string of the molecule is C.CC(=O)C1C[CH+]CCC1.O=C(/C=C/c1cccn2cncc12)C1CCCCC1.O=CO[O-].O=Cc1cccn2cncc12.OC(/C=C/c1cccn2cncc12)C1CCCCC1.OC(CCc1cccn2cncc12)C1CCCCC1.[B].[B]B([B])B(B([B])[B])B([B])[B].[H-].[Na+].[Na+]. The normalized spacial score (nSPS) is 15.9. The minimum absolute atomic E-state index is 0. The largest absolute Gasteiger partial charge is 1.00 e. The molecule has 4 saturated carbocycles. The Kier molecular flexibility index (Phi) is 43.6. The number of carbonyl (C=O) groups excluding carboxylic acids is 4. The summed E-state index contributed by atoms with van der Waals surface area (Å²) in [6.45, 7) is 1.52. The van der Waals surface area contributed by atoms with E-state index in [0.29, 0.717) is 29.1 Å². The molecule has 16 nitrogen and oxygen atoms in total. The number of rotatable bonds is 16. The number of allylic oxidation sites excluding steroid dienone is 1. The summed E-state index contributed by atoms with van der Waals surface area (Å²) in [5, 5.41) is 29.0. The second-order valence-corrected chi connectivity index (χ2v) is 23.9. The van der Waals surface area contributed by atoms with Crippen LogP contribution in [0, 0.1) is 30.1 Å². The van der Waals surface area contributed by atoms with Crippen LogP contribution in [0.1, 0.15) is 171 Å². The van der Waals surface area contributed by atoms with Crippen LogP contribution in [-0.2, 0) is 25.7 Å². The van der Waals surface area contributed by atoms with Crippen molar-refractivity contribution in [3.63, 3.8) is 0 Å². The van der Waals surface area contributed by atoms with Gasteiger partial charge in [0.1, 0.15) is 5.78 Å². The van der Waals surface area contributed by atoms with Gasteiger partial charge in [-0.2, -0.15) is 0 Å². The molecule has 12 rings (SSSR count). The van der Waals surface area contributed by atoms with E-state index in [-0.39, 0.29) is 107 Å². The van der Waals surface area contributed by atoms with E-state index in [2.05, 4.69) is 49.4 Å². The second kappa shape index (κ2) is 48.0. The second-order valence-electron chi connectivity index (χ2n) is 23.9. The topological polar surface area (TPSA) is 210 Å². The Balaban J connectivity index is 0.000000576. The van der Waals surface area contributed by atoms with Gasteiger partial charge in [0.05, 0.1) is 110 Å². The van der Waals surface area contributed by atoms with Gasteiger partial charge in [0, 0.05) is 122 Å². The zero-order valence-electron chi connectivity index (χ0n) is 56.2. The number of carbonyl (C=O) groups is 4. The third kappa shape index (κ3) is 28.9. The molecule has 0 saturated heterocycles. The number of aromatic nitrogens is 8. The van der Waals surface area contributed by atoms with E-state index in [4.69, 9.17) is 56.5 Å². The maximum absolute atomic E-state index is 12.1. The van der Waals surface area contributed by atoms with Gasteiger partial charge in [0.15, 0.2) is 12.1 Å². The number of aliphatic hydroxyl groups is 2. The fourth-order valence-corrected chi connectivity index (χ4v) is 12.2. The van der Waals surface area contributed by atoms with Gasteiger partial charge in [0.2, 0.25) is 0 Å². The first-order valence-corrected chi connectivity index (χ1v) is 32.0. The maximum atomic E-state index is 12.1. The molecule has 4 aliphatic carbocycles. The molecule has 3 unspecified atom stereocenters. The first-order valence-electron chi connectivity index (χ1n) is 32.0. The van der Waals surface area contributed by atoms with Gasteiger partial charge in [-0.05, 0) is 137 Å². The van der Waals surface area contributed by atoms with E-state index in [1.807, 2.05) is 110 Å². The van der Waals surface area contributed by atoms with Crippen LogP contribution in [0.2, 0.25) is 0 Å². The molecule has 4 aliphatic rings. The summed E-state index contributed by atoms with van der Waals surface area (Å²) < 4.78 is 7.81. The molecule has 0 bridgehead atoms. The Morgan fingerprint density at radius 2 is 1.03 bits per heavy atom. The molecule has 15 radical (unpaired) electrons. The molecule has 3 atom stereocenters. The quantitative estimate of drug-likeness (QED) is 0.0356. The molecule has 29 heteroatoms. The number of hydrogen-bond acceptors (Lipinski definition) is 12. The molecule has 0 aromatic carbocycles. The van der Waals surface area contributed by atoms with E-state index in [9.17, 15) is 24.6 Å². The molecular weight excluding hydrogens is 1200 g/mol. The molecule has 8 aromatic heterocycles. The van der Waals surface area contributed by atoms with E-state index in [1.54, 1.807) is 44.2 Å². The molecule has 8 heterocycles. The Labute approximate surface area is 620 Å². The summed E-state index contributed by atoms with van der Waals surface area (Å²) in [4.78, 5) is 61.0. The van der Waals surface area contributed by atoms with Gasteiger partial charge >= 0.3 is 59.1 Å². The van der Waals surface area contributed by atoms with Gasteiger partial charge in [-0.25, -0.2) is 19.9 Å². The molecule has 95 heavy (non-hydrogen) atoms. The molecule has 0 amide bonds. The number of aliphatic hydroxyl groups excluding tert-OH is 2. The molecule has 0 aliphatic heterocycles. The molecule has 0 spiro atoms. The van der Waals surface area contributed by atoms with Crippen LogP contribution < -0.4 is 64.4 Å². The van der Waals surface area contributed by atoms with Crippen LogP contribution in [0.4, 0.5) is 0 Å². The summed E-state index contributed by atoms with van der Waals surface area (Å²) in [6, 6.07) is 15.8.